The van der Waals surface area contributed by atoms with E-state index in [0.717, 1.165) is 5.41 Å². The van der Waals surface area contributed by atoms with Crippen LogP contribution in [0.3, 0.4) is 0 Å². The van der Waals surface area contributed by atoms with Gasteiger partial charge in [-0.3, -0.25) is 0 Å². The monoisotopic (exact) mass is 279 g/mol. The van der Waals surface area contributed by atoms with Gasteiger partial charge in [0.25, 0.3) is 0 Å². The third-order valence-corrected chi connectivity index (χ3v) is 4.21. The van der Waals surface area contributed by atoms with E-state index >= 15 is 0 Å². The molecule has 12 heavy (non-hydrogen) atoms. The number of hydrogen-bond acceptors (Lipinski definition) is 1. The molecule has 0 unspecified atom stereocenters. The minimum Gasteiger partial charge on any atom is -0.303 e. The van der Waals surface area contributed by atoms with Gasteiger partial charge < -0.3 is 4.90 Å². The standard InChI is InChI=1S/C10H18IN/c11-6-9-12-7-4-10(5-8-12)2-1-3-10/h1-9H2. The Morgan fingerprint density at radius 1 is 1.08 bits per heavy atom. The van der Waals surface area contributed by atoms with Crippen LogP contribution < -0.4 is 0 Å². The van der Waals surface area contributed by atoms with E-state index in [9.17, 15) is 0 Å². The lowest BCUT2D eigenvalue weighted by molar-refractivity contribution is 0.0363. The number of rotatable bonds is 2. The average Bonchev–Trinajstić information content (AvgIpc) is 2.04. The van der Waals surface area contributed by atoms with Crippen molar-refractivity contribution in [3.8, 4) is 0 Å². The fraction of sp³-hybridized carbons (Fsp3) is 1.00. The van der Waals surface area contributed by atoms with Crippen molar-refractivity contribution in [3.05, 3.63) is 0 Å². The minimum atomic E-state index is 0.835. The highest BCUT2D eigenvalue weighted by molar-refractivity contribution is 14.1. The van der Waals surface area contributed by atoms with Crippen molar-refractivity contribution in [1.82, 2.24) is 4.90 Å². The Balaban J connectivity index is 1.77. The van der Waals surface area contributed by atoms with Crippen molar-refractivity contribution in [2.75, 3.05) is 24.1 Å². The van der Waals surface area contributed by atoms with Gasteiger partial charge in [0.2, 0.25) is 0 Å². The summed E-state index contributed by atoms with van der Waals surface area (Å²) in [6, 6.07) is 0. The average molecular weight is 279 g/mol. The van der Waals surface area contributed by atoms with Gasteiger partial charge in [-0.15, -0.1) is 0 Å². The molecule has 0 amide bonds. The van der Waals surface area contributed by atoms with E-state index in [-0.39, 0.29) is 0 Å². The summed E-state index contributed by atoms with van der Waals surface area (Å²) >= 11 is 2.48. The molecule has 1 saturated heterocycles. The van der Waals surface area contributed by atoms with Crippen molar-refractivity contribution in [2.24, 2.45) is 5.41 Å². The molecule has 0 atom stereocenters. The summed E-state index contributed by atoms with van der Waals surface area (Å²) in [5, 5.41) is 0. The number of piperidine rings is 1. The van der Waals surface area contributed by atoms with E-state index in [0.29, 0.717) is 0 Å². The smallest absolute Gasteiger partial charge is 0.0123 e. The quantitative estimate of drug-likeness (QED) is 0.555. The van der Waals surface area contributed by atoms with Gasteiger partial charge >= 0.3 is 0 Å². The SMILES string of the molecule is ICCN1CCC2(CCC2)CC1. The van der Waals surface area contributed by atoms with Gasteiger partial charge in [0.15, 0.2) is 0 Å². The second-order valence-electron chi connectivity index (χ2n) is 4.38. The number of halogens is 1. The van der Waals surface area contributed by atoms with Crippen molar-refractivity contribution < 1.29 is 0 Å². The molecule has 2 aliphatic rings. The molecule has 0 N–H and O–H groups in total. The van der Waals surface area contributed by atoms with E-state index in [4.69, 9.17) is 0 Å². The van der Waals surface area contributed by atoms with Gasteiger partial charge in [0.1, 0.15) is 0 Å². The van der Waals surface area contributed by atoms with Crippen LogP contribution in [0.25, 0.3) is 0 Å². The molecule has 2 fully saturated rings. The van der Waals surface area contributed by atoms with E-state index in [1.165, 1.54) is 56.2 Å². The first-order valence-electron chi connectivity index (χ1n) is 5.13. The molecule has 1 spiro atoms. The Bertz CT molecular complexity index is 144. The Morgan fingerprint density at radius 3 is 2.17 bits per heavy atom. The molecular weight excluding hydrogens is 261 g/mol. The number of likely N-dealkylation sites (tertiary alicyclic amines) is 1. The largest absolute Gasteiger partial charge is 0.303 e. The Morgan fingerprint density at radius 2 is 1.75 bits per heavy atom. The molecule has 1 heterocycles. The molecule has 1 aliphatic heterocycles. The highest BCUT2D eigenvalue weighted by atomic mass is 127. The lowest BCUT2D eigenvalue weighted by atomic mass is 9.63. The summed E-state index contributed by atoms with van der Waals surface area (Å²) in [4.78, 5) is 2.63. The molecule has 0 aromatic rings. The van der Waals surface area contributed by atoms with Gasteiger partial charge in [-0.1, -0.05) is 29.0 Å². The zero-order valence-electron chi connectivity index (χ0n) is 7.69. The molecule has 0 radical (unpaired) electrons. The molecule has 70 valence electrons. The first-order chi connectivity index (χ1) is 5.85. The zero-order valence-corrected chi connectivity index (χ0v) is 9.85. The van der Waals surface area contributed by atoms with Gasteiger partial charge in [0.05, 0.1) is 0 Å². The third kappa shape index (κ3) is 1.79. The topological polar surface area (TPSA) is 3.24 Å². The summed E-state index contributed by atoms with van der Waals surface area (Å²) in [5.74, 6) is 0. The maximum absolute atomic E-state index is 2.63. The van der Waals surface area contributed by atoms with E-state index in [1.54, 1.807) is 0 Å². The van der Waals surface area contributed by atoms with Crippen molar-refractivity contribution in [3.63, 3.8) is 0 Å². The van der Waals surface area contributed by atoms with Gasteiger partial charge in [0, 0.05) is 11.0 Å². The van der Waals surface area contributed by atoms with Gasteiger partial charge in [-0.2, -0.15) is 0 Å². The molecule has 0 aromatic heterocycles. The summed E-state index contributed by atoms with van der Waals surface area (Å²) in [6.07, 6.45) is 7.55. The second-order valence-corrected chi connectivity index (χ2v) is 5.46. The molecule has 2 heteroatoms. The highest BCUT2D eigenvalue weighted by Crippen LogP contribution is 2.48. The predicted octanol–water partition coefficient (Wildman–Crippen LogP) is 2.69. The summed E-state index contributed by atoms with van der Waals surface area (Å²) < 4.78 is 1.30. The van der Waals surface area contributed by atoms with Crippen LogP contribution >= 0.6 is 22.6 Å². The van der Waals surface area contributed by atoms with E-state index < -0.39 is 0 Å². The van der Waals surface area contributed by atoms with Crippen LogP contribution in [-0.4, -0.2) is 29.0 Å². The first kappa shape index (κ1) is 9.25. The van der Waals surface area contributed by atoms with Crippen LogP contribution in [0.2, 0.25) is 0 Å². The van der Waals surface area contributed by atoms with E-state index in [1.807, 2.05) is 0 Å². The Kier molecular flexibility index (Phi) is 2.95. The van der Waals surface area contributed by atoms with E-state index in [2.05, 4.69) is 27.5 Å². The fourth-order valence-electron chi connectivity index (χ4n) is 2.55. The van der Waals surface area contributed by atoms with Crippen molar-refractivity contribution in [1.29, 1.82) is 0 Å². The van der Waals surface area contributed by atoms with Crippen LogP contribution in [0.4, 0.5) is 0 Å². The number of hydrogen-bond donors (Lipinski definition) is 0. The highest BCUT2D eigenvalue weighted by Gasteiger charge is 2.39. The maximum Gasteiger partial charge on any atom is 0.0123 e. The molecule has 1 saturated carbocycles. The summed E-state index contributed by atoms with van der Waals surface area (Å²) in [6.45, 7) is 4.07. The maximum atomic E-state index is 2.63. The summed E-state index contributed by atoms with van der Waals surface area (Å²) in [7, 11) is 0. The number of alkyl halides is 1. The normalized spacial score (nSPS) is 28.8. The van der Waals surface area contributed by atoms with Crippen molar-refractivity contribution in [2.45, 2.75) is 32.1 Å². The lowest BCUT2D eigenvalue weighted by Crippen LogP contribution is -2.44. The Hall–Kier alpha value is 0.690. The second kappa shape index (κ2) is 3.82. The third-order valence-electron chi connectivity index (χ3n) is 3.73. The molecule has 1 nitrogen and oxygen atoms in total. The summed E-state index contributed by atoms with van der Waals surface area (Å²) in [5.41, 5.74) is 0.835. The molecule has 0 bridgehead atoms. The van der Waals surface area contributed by atoms with Crippen LogP contribution in [0.1, 0.15) is 32.1 Å². The van der Waals surface area contributed by atoms with Crippen LogP contribution in [0.5, 0.6) is 0 Å². The van der Waals surface area contributed by atoms with Crippen LogP contribution in [0, 0.1) is 5.41 Å². The number of nitrogens with zero attached hydrogens (tertiary/aromatic N) is 1. The van der Waals surface area contributed by atoms with Crippen molar-refractivity contribution >= 4 is 22.6 Å². The minimum absolute atomic E-state index is 0.835. The Labute approximate surface area is 89.0 Å². The fourth-order valence-corrected chi connectivity index (χ4v) is 3.23. The molecule has 1 aliphatic carbocycles. The molecule has 0 aromatic carbocycles. The first-order valence-corrected chi connectivity index (χ1v) is 6.66. The van der Waals surface area contributed by atoms with Crippen LogP contribution in [-0.2, 0) is 0 Å². The van der Waals surface area contributed by atoms with Gasteiger partial charge in [-0.05, 0) is 44.2 Å². The zero-order chi connectivity index (χ0) is 8.44. The lowest BCUT2D eigenvalue weighted by Gasteiger charge is -2.48. The van der Waals surface area contributed by atoms with Crippen LogP contribution in [0.15, 0.2) is 0 Å². The molecular formula is C10H18IN. The van der Waals surface area contributed by atoms with Gasteiger partial charge in [-0.25, -0.2) is 0 Å². The predicted molar refractivity (Wildman–Crippen MR) is 60.8 cm³/mol. The molecule has 2 rings (SSSR count).